The Morgan fingerprint density at radius 1 is 1.13 bits per heavy atom. The Bertz CT molecular complexity index is 1480. The van der Waals surface area contributed by atoms with Gasteiger partial charge in [-0.2, -0.15) is 13.2 Å². The van der Waals surface area contributed by atoms with Crippen molar-refractivity contribution in [1.29, 1.82) is 0 Å². The normalized spacial score (nSPS) is 18.7. The summed E-state index contributed by atoms with van der Waals surface area (Å²) in [5.41, 5.74) is 0.757. The fourth-order valence-corrected chi connectivity index (χ4v) is 6.03. The average Bonchev–Trinajstić information content (AvgIpc) is 3.39. The number of hydrogen-bond donors (Lipinski definition) is 3. The molecule has 1 aromatic carbocycles. The Hall–Kier alpha value is -4.07. The SMILES string of the molecule is CCN1CCC2(CC1)C[C@@H]2C(=O)NC(C)(CCCCCC(=O)c1ccon1)c1ncc(-c2ccccc2F)[nH]1.O=C(O)C(F)(F)F. The zero-order chi connectivity index (χ0) is 33.5. The third kappa shape index (κ3) is 8.59. The summed E-state index contributed by atoms with van der Waals surface area (Å²) in [5, 5.41) is 14.2. The molecule has 1 aliphatic heterocycles. The molecular formula is C32H39F4N5O5. The summed E-state index contributed by atoms with van der Waals surface area (Å²) in [5.74, 6) is -2.40. The quantitative estimate of drug-likeness (QED) is 0.121. The topological polar surface area (TPSA) is 141 Å². The van der Waals surface area contributed by atoms with Crippen molar-refractivity contribution in [2.75, 3.05) is 19.6 Å². The lowest BCUT2D eigenvalue weighted by molar-refractivity contribution is -0.192. The number of carboxylic acids is 1. The number of ketones is 1. The van der Waals surface area contributed by atoms with Crippen molar-refractivity contribution in [3.05, 3.63) is 60.1 Å². The predicted molar refractivity (Wildman–Crippen MR) is 159 cm³/mol. The number of carbonyl (C=O) groups excluding carboxylic acids is 2. The highest BCUT2D eigenvalue weighted by atomic mass is 19.4. The maximum atomic E-state index is 14.5. The molecule has 3 heterocycles. The number of hydrogen-bond acceptors (Lipinski definition) is 7. The number of aromatic amines is 1. The molecule has 2 aliphatic rings. The van der Waals surface area contributed by atoms with Crippen LogP contribution in [0.1, 0.15) is 81.5 Å². The van der Waals surface area contributed by atoms with Gasteiger partial charge in [0.1, 0.15) is 23.6 Å². The van der Waals surface area contributed by atoms with Crippen LogP contribution in [0.5, 0.6) is 0 Å². The van der Waals surface area contributed by atoms with Crippen LogP contribution in [-0.4, -0.2) is 68.6 Å². The Morgan fingerprint density at radius 3 is 2.43 bits per heavy atom. The number of benzene rings is 1. The monoisotopic (exact) mass is 649 g/mol. The van der Waals surface area contributed by atoms with E-state index in [2.05, 4.69) is 32.3 Å². The summed E-state index contributed by atoms with van der Waals surface area (Å²) >= 11 is 0. The molecule has 3 N–H and O–H groups in total. The van der Waals surface area contributed by atoms with E-state index in [9.17, 15) is 27.2 Å². The Balaban J connectivity index is 0.000000617. The van der Waals surface area contributed by atoms with Crippen LogP contribution in [0.15, 0.2) is 47.3 Å². The smallest absolute Gasteiger partial charge is 0.475 e. The number of Topliss-reactive ketones (excluding diaryl/α,β-unsaturated/α-hetero) is 1. The van der Waals surface area contributed by atoms with Gasteiger partial charge in [-0.3, -0.25) is 9.59 Å². The number of piperidine rings is 1. The number of aliphatic carboxylic acids is 1. The van der Waals surface area contributed by atoms with Gasteiger partial charge in [0.15, 0.2) is 5.78 Å². The van der Waals surface area contributed by atoms with Crippen molar-refractivity contribution in [3.8, 4) is 11.3 Å². The van der Waals surface area contributed by atoms with Gasteiger partial charge < -0.3 is 24.8 Å². The third-order valence-electron chi connectivity index (χ3n) is 9.01. The lowest BCUT2D eigenvalue weighted by Crippen LogP contribution is -2.46. The Morgan fingerprint density at radius 2 is 1.83 bits per heavy atom. The molecule has 0 radical (unpaired) electrons. The first kappa shape index (κ1) is 34.8. The molecule has 1 amide bonds. The lowest BCUT2D eigenvalue weighted by Gasteiger charge is -2.33. The molecule has 2 fully saturated rings. The first-order valence-corrected chi connectivity index (χ1v) is 15.4. The number of carbonyl (C=O) groups is 3. The molecule has 14 heteroatoms. The Kier molecular flexibility index (Phi) is 11.0. The van der Waals surface area contributed by atoms with E-state index in [1.807, 2.05) is 6.92 Å². The van der Waals surface area contributed by atoms with Gasteiger partial charge in [0.25, 0.3) is 0 Å². The van der Waals surface area contributed by atoms with Crippen LogP contribution in [-0.2, 0) is 15.1 Å². The van der Waals surface area contributed by atoms with Crippen molar-refractivity contribution < 1.29 is 41.6 Å². The molecule has 10 nitrogen and oxygen atoms in total. The largest absolute Gasteiger partial charge is 0.490 e. The van der Waals surface area contributed by atoms with E-state index < -0.39 is 17.7 Å². The summed E-state index contributed by atoms with van der Waals surface area (Å²) in [6.07, 6.45) is 4.38. The van der Waals surface area contributed by atoms with Gasteiger partial charge in [-0.05, 0) is 76.2 Å². The van der Waals surface area contributed by atoms with Gasteiger partial charge in [0.2, 0.25) is 5.91 Å². The van der Waals surface area contributed by atoms with Crippen molar-refractivity contribution in [3.63, 3.8) is 0 Å². The van der Waals surface area contributed by atoms with Crippen molar-refractivity contribution in [2.45, 2.75) is 76.9 Å². The highest BCUT2D eigenvalue weighted by molar-refractivity contribution is 5.93. The lowest BCUT2D eigenvalue weighted by atomic mass is 9.89. The number of nitrogens with one attached hydrogen (secondary N) is 2. The van der Waals surface area contributed by atoms with Crippen LogP contribution in [0.25, 0.3) is 11.3 Å². The molecule has 2 atom stereocenters. The number of likely N-dealkylation sites (tertiary alicyclic amines) is 1. The highest BCUT2D eigenvalue weighted by Gasteiger charge is 2.59. The fourth-order valence-electron chi connectivity index (χ4n) is 6.03. The molecule has 46 heavy (non-hydrogen) atoms. The second-order valence-electron chi connectivity index (χ2n) is 12.2. The first-order chi connectivity index (χ1) is 21.8. The average molecular weight is 650 g/mol. The standard InChI is InChI=1S/C30H38FN5O3.C2HF3O2/c1-3-36-16-14-30(15-17-36)19-22(30)27(38)34-29(2,13-8-4-5-11-26(37)24-12-18-39-35-24)28-32-20-25(33-28)21-9-6-7-10-23(21)31;3-2(4,5)1(6)7/h6-7,9-10,12,18,20,22H,3-5,8,11,13-17,19H2,1-2H3,(H,32,33)(H,34,38);(H,6,7)/t22-,29?;/m1./s1. The summed E-state index contributed by atoms with van der Waals surface area (Å²) in [6.45, 7) is 7.33. The second kappa shape index (κ2) is 14.6. The number of alkyl halides is 3. The molecule has 1 aliphatic carbocycles. The number of unbranched alkanes of at least 4 members (excludes halogenated alkanes) is 2. The van der Waals surface area contributed by atoms with Gasteiger partial charge in [0, 0.05) is 24.0 Å². The van der Waals surface area contributed by atoms with Crippen LogP contribution in [0.2, 0.25) is 0 Å². The van der Waals surface area contributed by atoms with Gasteiger partial charge in [-0.25, -0.2) is 14.2 Å². The third-order valence-corrected chi connectivity index (χ3v) is 9.01. The molecule has 0 bridgehead atoms. The number of rotatable bonds is 12. The van der Waals surface area contributed by atoms with Crippen molar-refractivity contribution >= 4 is 17.7 Å². The van der Waals surface area contributed by atoms with Crippen molar-refractivity contribution in [2.24, 2.45) is 11.3 Å². The minimum absolute atomic E-state index is 0.0249. The number of halogens is 4. The van der Waals surface area contributed by atoms with Gasteiger partial charge >= 0.3 is 12.1 Å². The van der Waals surface area contributed by atoms with E-state index in [1.54, 1.807) is 30.5 Å². The molecule has 1 saturated heterocycles. The molecule has 1 saturated carbocycles. The Labute approximate surface area is 263 Å². The number of carboxylic acid groups (broad SMARTS) is 1. The summed E-state index contributed by atoms with van der Waals surface area (Å²) in [7, 11) is 0. The zero-order valence-corrected chi connectivity index (χ0v) is 25.8. The van der Waals surface area contributed by atoms with Crippen LogP contribution in [0, 0.1) is 17.2 Å². The minimum Gasteiger partial charge on any atom is -0.475 e. The predicted octanol–water partition coefficient (Wildman–Crippen LogP) is 6.12. The van der Waals surface area contributed by atoms with E-state index >= 15 is 0 Å². The maximum Gasteiger partial charge on any atom is 0.490 e. The number of H-pyrrole nitrogens is 1. The van der Waals surface area contributed by atoms with E-state index in [0.717, 1.165) is 51.7 Å². The molecule has 3 aromatic rings. The van der Waals surface area contributed by atoms with Crippen LogP contribution in [0.4, 0.5) is 17.6 Å². The molecular weight excluding hydrogens is 610 g/mol. The number of nitrogens with zero attached hydrogens (tertiary/aromatic N) is 3. The molecule has 2 aromatic heterocycles. The van der Waals surface area contributed by atoms with Gasteiger partial charge in [0.05, 0.1) is 17.4 Å². The highest BCUT2D eigenvalue weighted by Crippen LogP contribution is 2.59. The van der Waals surface area contributed by atoms with Crippen molar-refractivity contribution in [1.82, 2.24) is 25.3 Å². The van der Waals surface area contributed by atoms with E-state index in [1.165, 1.54) is 12.3 Å². The van der Waals surface area contributed by atoms with E-state index in [4.69, 9.17) is 14.4 Å². The number of aromatic nitrogens is 3. The molecule has 1 spiro atoms. The van der Waals surface area contributed by atoms with Crippen LogP contribution < -0.4 is 5.32 Å². The summed E-state index contributed by atoms with van der Waals surface area (Å²) in [6, 6.07) is 8.16. The van der Waals surface area contributed by atoms with E-state index in [-0.39, 0.29) is 28.8 Å². The summed E-state index contributed by atoms with van der Waals surface area (Å²) in [4.78, 5) is 45.1. The van der Waals surface area contributed by atoms with E-state index in [0.29, 0.717) is 42.0 Å². The van der Waals surface area contributed by atoms with Crippen LogP contribution in [0.3, 0.4) is 0 Å². The zero-order valence-electron chi connectivity index (χ0n) is 25.8. The van der Waals surface area contributed by atoms with Crippen LogP contribution >= 0.6 is 0 Å². The maximum absolute atomic E-state index is 14.5. The fraction of sp³-hybridized carbons (Fsp3) is 0.531. The summed E-state index contributed by atoms with van der Waals surface area (Å²) < 4.78 is 51.0. The van der Waals surface area contributed by atoms with Gasteiger partial charge in [-0.1, -0.05) is 37.1 Å². The number of imidazole rings is 1. The van der Waals surface area contributed by atoms with Gasteiger partial charge in [-0.15, -0.1) is 0 Å². The molecule has 1 unspecified atom stereocenters. The first-order valence-electron chi connectivity index (χ1n) is 15.4. The molecule has 5 rings (SSSR count). The second-order valence-corrected chi connectivity index (χ2v) is 12.2. The minimum atomic E-state index is -5.08. The number of amides is 1. The molecule has 250 valence electrons.